The minimum absolute atomic E-state index is 0.121. The normalized spacial score (nSPS) is 11.1. The number of hydrogen-bond donors (Lipinski definition) is 3. The summed E-state index contributed by atoms with van der Waals surface area (Å²) >= 11 is 19.6. The zero-order chi connectivity index (χ0) is 23.8. The molecule has 0 aliphatic rings. The monoisotopic (exact) mass is 519 g/mol. The van der Waals surface area contributed by atoms with Gasteiger partial charge in [-0.3, -0.25) is 9.59 Å². The third-order valence-electron chi connectivity index (χ3n) is 4.48. The van der Waals surface area contributed by atoms with Crippen molar-refractivity contribution < 1.29 is 9.59 Å². The molecule has 0 aromatic heterocycles. The van der Waals surface area contributed by atoms with Crippen LogP contribution in [0.15, 0.2) is 83.4 Å². The Hall–Kier alpha value is -2.64. The Morgan fingerprint density at radius 2 is 1.48 bits per heavy atom. The molecule has 170 valence electrons. The Bertz CT molecular complexity index is 1170. The van der Waals surface area contributed by atoms with E-state index in [1.165, 1.54) is 12.3 Å². The van der Waals surface area contributed by atoms with Crippen molar-refractivity contribution in [1.82, 2.24) is 5.32 Å². The molecule has 0 aliphatic carbocycles. The van der Waals surface area contributed by atoms with Gasteiger partial charge in [0.2, 0.25) is 0 Å². The van der Waals surface area contributed by atoms with Gasteiger partial charge < -0.3 is 16.0 Å². The molecule has 5 nitrogen and oxygen atoms in total. The van der Waals surface area contributed by atoms with Crippen LogP contribution in [0, 0.1) is 0 Å². The highest BCUT2D eigenvalue weighted by Gasteiger charge is 2.20. The smallest absolute Gasteiger partial charge is 0.262 e. The molecule has 0 radical (unpaired) electrons. The second-order valence-corrected chi connectivity index (χ2v) is 8.99. The van der Waals surface area contributed by atoms with Crippen molar-refractivity contribution in [3.05, 3.63) is 99.1 Å². The van der Waals surface area contributed by atoms with Crippen molar-refractivity contribution in [3.63, 3.8) is 0 Å². The molecular formula is C24H20Cl3N3O2S. The molecule has 0 saturated heterocycles. The van der Waals surface area contributed by atoms with Crippen molar-refractivity contribution in [2.24, 2.45) is 0 Å². The maximum Gasteiger partial charge on any atom is 0.262 e. The SMILES string of the molecule is CSc1ccc(NC(=O)/C(=C/NCc2ccc(Cl)cc2)C(=O)Nc2ccc(Cl)cc2Cl)cc1. The van der Waals surface area contributed by atoms with Gasteiger partial charge in [0, 0.05) is 33.4 Å². The van der Waals surface area contributed by atoms with Crippen molar-refractivity contribution in [1.29, 1.82) is 0 Å². The summed E-state index contributed by atoms with van der Waals surface area (Å²) in [6.45, 7) is 0.394. The summed E-state index contributed by atoms with van der Waals surface area (Å²) < 4.78 is 0. The van der Waals surface area contributed by atoms with Gasteiger partial charge in [0.05, 0.1) is 10.7 Å². The molecule has 0 unspecified atom stereocenters. The Kier molecular flexibility index (Phi) is 9.09. The molecule has 0 atom stereocenters. The maximum absolute atomic E-state index is 13.0. The van der Waals surface area contributed by atoms with E-state index in [2.05, 4.69) is 16.0 Å². The van der Waals surface area contributed by atoms with Crippen molar-refractivity contribution in [3.8, 4) is 0 Å². The molecule has 3 aromatic carbocycles. The first-order valence-corrected chi connectivity index (χ1v) is 12.1. The van der Waals surface area contributed by atoms with Gasteiger partial charge in [-0.2, -0.15) is 0 Å². The van der Waals surface area contributed by atoms with Crippen LogP contribution in [0.2, 0.25) is 15.1 Å². The van der Waals surface area contributed by atoms with E-state index in [1.54, 1.807) is 48.2 Å². The molecule has 0 heterocycles. The molecular weight excluding hydrogens is 501 g/mol. The van der Waals surface area contributed by atoms with E-state index in [1.807, 2.05) is 30.5 Å². The van der Waals surface area contributed by atoms with Crippen LogP contribution in [0.3, 0.4) is 0 Å². The van der Waals surface area contributed by atoms with Crippen LogP contribution in [0.4, 0.5) is 11.4 Å². The van der Waals surface area contributed by atoms with E-state index in [-0.39, 0.29) is 10.6 Å². The molecule has 0 bridgehead atoms. The number of nitrogens with one attached hydrogen (secondary N) is 3. The number of halogens is 3. The first kappa shape index (κ1) is 25.0. The Morgan fingerprint density at radius 3 is 2.12 bits per heavy atom. The largest absolute Gasteiger partial charge is 0.386 e. The molecule has 3 N–H and O–H groups in total. The molecule has 33 heavy (non-hydrogen) atoms. The van der Waals surface area contributed by atoms with Crippen LogP contribution in [0.5, 0.6) is 0 Å². The molecule has 3 rings (SSSR count). The van der Waals surface area contributed by atoms with Crippen LogP contribution in [0.1, 0.15) is 5.56 Å². The number of rotatable bonds is 8. The zero-order valence-electron chi connectivity index (χ0n) is 17.5. The second-order valence-electron chi connectivity index (χ2n) is 6.83. The lowest BCUT2D eigenvalue weighted by molar-refractivity contribution is -0.118. The summed E-state index contributed by atoms with van der Waals surface area (Å²) in [5.74, 6) is -1.20. The summed E-state index contributed by atoms with van der Waals surface area (Å²) in [7, 11) is 0. The fraction of sp³-hybridized carbons (Fsp3) is 0.0833. The Balaban J connectivity index is 1.79. The third kappa shape index (κ3) is 7.44. The van der Waals surface area contributed by atoms with Crippen molar-refractivity contribution in [2.45, 2.75) is 11.4 Å². The summed E-state index contributed by atoms with van der Waals surface area (Å²) in [5.41, 5.74) is 1.72. The second kappa shape index (κ2) is 12.0. The highest BCUT2D eigenvalue weighted by atomic mass is 35.5. The lowest BCUT2D eigenvalue weighted by Crippen LogP contribution is -2.27. The van der Waals surface area contributed by atoms with Crippen LogP contribution >= 0.6 is 46.6 Å². The number of anilines is 2. The highest BCUT2D eigenvalue weighted by molar-refractivity contribution is 7.98. The molecule has 0 aliphatic heterocycles. The fourth-order valence-electron chi connectivity index (χ4n) is 2.76. The predicted octanol–water partition coefficient (Wildman–Crippen LogP) is 6.62. The fourth-order valence-corrected chi connectivity index (χ4v) is 3.75. The van der Waals surface area contributed by atoms with Gasteiger partial charge in [0.1, 0.15) is 5.57 Å². The summed E-state index contributed by atoms with van der Waals surface area (Å²) in [6, 6.07) is 19.2. The summed E-state index contributed by atoms with van der Waals surface area (Å²) in [5, 5.41) is 9.75. The van der Waals surface area contributed by atoms with Gasteiger partial charge in [0.25, 0.3) is 11.8 Å². The molecule has 0 spiro atoms. The average molecular weight is 521 g/mol. The zero-order valence-corrected chi connectivity index (χ0v) is 20.6. The molecule has 0 fully saturated rings. The van der Waals surface area contributed by atoms with Crippen LogP contribution in [0.25, 0.3) is 0 Å². The van der Waals surface area contributed by atoms with Gasteiger partial charge in [-0.05, 0) is 66.4 Å². The quantitative estimate of drug-likeness (QED) is 0.135. The van der Waals surface area contributed by atoms with Crippen LogP contribution < -0.4 is 16.0 Å². The predicted molar refractivity (Wildman–Crippen MR) is 138 cm³/mol. The molecule has 9 heteroatoms. The topological polar surface area (TPSA) is 70.2 Å². The van der Waals surface area contributed by atoms with Gasteiger partial charge >= 0.3 is 0 Å². The number of carbonyl (C=O) groups is 2. The number of benzene rings is 3. The summed E-state index contributed by atoms with van der Waals surface area (Å²) in [4.78, 5) is 27.0. The minimum atomic E-state index is -0.624. The third-order valence-corrected chi connectivity index (χ3v) is 6.03. The lowest BCUT2D eigenvalue weighted by Gasteiger charge is -2.12. The Labute approximate surface area is 211 Å². The molecule has 3 aromatic rings. The van der Waals surface area contributed by atoms with Crippen LogP contribution in [-0.2, 0) is 16.1 Å². The molecule has 2 amide bonds. The van der Waals surface area contributed by atoms with E-state index in [4.69, 9.17) is 34.8 Å². The first-order valence-electron chi connectivity index (χ1n) is 9.75. The van der Waals surface area contributed by atoms with E-state index in [0.29, 0.717) is 28.0 Å². The standard InChI is InChI=1S/C24H20Cl3N3O2S/c1-33-19-9-7-18(8-10-19)29-23(31)20(14-28-13-15-2-4-16(25)5-3-15)24(32)30-22-11-6-17(26)12-21(22)27/h2-12,14,28H,13H2,1H3,(H,29,31)(H,30,32)/b20-14-. The van der Waals surface area contributed by atoms with E-state index < -0.39 is 11.8 Å². The number of carbonyl (C=O) groups excluding carboxylic acids is 2. The van der Waals surface area contributed by atoms with Gasteiger partial charge in [-0.25, -0.2) is 0 Å². The van der Waals surface area contributed by atoms with Gasteiger partial charge in [0.15, 0.2) is 0 Å². The number of amides is 2. The van der Waals surface area contributed by atoms with E-state index in [9.17, 15) is 9.59 Å². The minimum Gasteiger partial charge on any atom is -0.386 e. The first-order chi connectivity index (χ1) is 15.9. The van der Waals surface area contributed by atoms with E-state index >= 15 is 0 Å². The number of thioether (sulfide) groups is 1. The van der Waals surface area contributed by atoms with Gasteiger partial charge in [-0.15, -0.1) is 11.8 Å². The van der Waals surface area contributed by atoms with Gasteiger partial charge in [-0.1, -0.05) is 46.9 Å². The highest BCUT2D eigenvalue weighted by Crippen LogP contribution is 2.26. The molecule has 0 saturated carbocycles. The van der Waals surface area contributed by atoms with Crippen molar-refractivity contribution >= 4 is 69.8 Å². The Morgan fingerprint density at radius 1 is 0.848 bits per heavy atom. The van der Waals surface area contributed by atoms with Crippen LogP contribution in [-0.4, -0.2) is 18.1 Å². The average Bonchev–Trinajstić information content (AvgIpc) is 2.80. The van der Waals surface area contributed by atoms with E-state index in [0.717, 1.165) is 10.5 Å². The maximum atomic E-state index is 13.0. The lowest BCUT2D eigenvalue weighted by atomic mass is 10.2. The summed E-state index contributed by atoms with van der Waals surface area (Å²) in [6.07, 6.45) is 3.34. The van der Waals surface area contributed by atoms with Crippen molar-refractivity contribution in [2.75, 3.05) is 16.9 Å². The number of hydrogen-bond acceptors (Lipinski definition) is 4.